The Bertz CT molecular complexity index is 297. The third-order valence-corrected chi connectivity index (χ3v) is 3.21. The third-order valence-electron chi connectivity index (χ3n) is 3.21. The summed E-state index contributed by atoms with van der Waals surface area (Å²) in [5.74, 6) is -0.174. The van der Waals surface area contributed by atoms with Crippen LogP contribution in [0.4, 0.5) is 0 Å². The van der Waals surface area contributed by atoms with Crippen LogP contribution in [0.15, 0.2) is 0 Å². The Labute approximate surface area is 109 Å². The standard InChI is InChI=1S/C13H25N3O2/c1-8(2)15-12(17)10(4)16-13(18)11-6-5-9(3)14-7-11/h8-11,14H,5-7H2,1-4H3,(H,15,17)(H,16,18). The van der Waals surface area contributed by atoms with Gasteiger partial charge in [-0.05, 0) is 40.5 Å². The van der Waals surface area contributed by atoms with E-state index in [4.69, 9.17) is 0 Å². The summed E-state index contributed by atoms with van der Waals surface area (Å²) in [6.45, 7) is 8.34. The quantitative estimate of drug-likeness (QED) is 0.681. The van der Waals surface area contributed by atoms with Gasteiger partial charge in [-0.15, -0.1) is 0 Å². The number of amides is 2. The van der Waals surface area contributed by atoms with Crippen molar-refractivity contribution in [3.63, 3.8) is 0 Å². The molecular weight excluding hydrogens is 230 g/mol. The zero-order valence-corrected chi connectivity index (χ0v) is 11.7. The number of carbonyl (C=O) groups excluding carboxylic acids is 2. The normalized spacial score (nSPS) is 25.6. The molecule has 0 saturated carbocycles. The van der Waals surface area contributed by atoms with Crippen molar-refractivity contribution < 1.29 is 9.59 Å². The lowest BCUT2D eigenvalue weighted by atomic mass is 9.94. The van der Waals surface area contributed by atoms with E-state index in [9.17, 15) is 9.59 Å². The molecule has 5 heteroatoms. The molecule has 2 amide bonds. The molecule has 1 fully saturated rings. The highest BCUT2D eigenvalue weighted by Crippen LogP contribution is 2.14. The third kappa shape index (κ3) is 4.64. The summed E-state index contributed by atoms with van der Waals surface area (Å²) in [4.78, 5) is 23.7. The molecule has 1 aliphatic rings. The predicted molar refractivity (Wildman–Crippen MR) is 71.1 cm³/mol. The second kappa shape index (κ2) is 6.73. The molecule has 0 bridgehead atoms. The maximum absolute atomic E-state index is 12.0. The number of rotatable bonds is 4. The average Bonchev–Trinajstić information content (AvgIpc) is 2.28. The summed E-state index contributed by atoms with van der Waals surface area (Å²) in [6.07, 6.45) is 1.89. The van der Waals surface area contributed by atoms with Crippen molar-refractivity contribution in [2.75, 3.05) is 6.54 Å². The lowest BCUT2D eigenvalue weighted by Gasteiger charge is -2.27. The van der Waals surface area contributed by atoms with Crippen LogP contribution in [0.5, 0.6) is 0 Å². The molecule has 1 rings (SSSR count). The Hall–Kier alpha value is -1.10. The van der Waals surface area contributed by atoms with Gasteiger partial charge in [0.05, 0.1) is 5.92 Å². The number of hydrogen-bond donors (Lipinski definition) is 3. The Morgan fingerprint density at radius 1 is 1.17 bits per heavy atom. The summed E-state index contributed by atoms with van der Waals surface area (Å²) in [7, 11) is 0. The van der Waals surface area contributed by atoms with E-state index < -0.39 is 6.04 Å². The van der Waals surface area contributed by atoms with E-state index in [1.807, 2.05) is 13.8 Å². The van der Waals surface area contributed by atoms with Gasteiger partial charge in [-0.2, -0.15) is 0 Å². The second-order valence-electron chi connectivity index (χ2n) is 5.48. The fraction of sp³-hybridized carbons (Fsp3) is 0.846. The first-order valence-corrected chi connectivity index (χ1v) is 6.74. The van der Waals surface area contributed by atoms with Crippen LogP contribution in [0, 0.1) is 5.92 Å². The van der Waals surface area contributed by atoms with Gasteiger partial charge in [0, 0.05) is 18.6 Å². The van der Waals surface area contributed by atoms with Gasteiger partial charge >= 0.3 is 0 Å². The Morgan fingerprint density at radius 2 is 1.83 bits per heavy atom. The van der Waals surface area contributed by atoms with E-state index in [2.05, 4.69) is 22.9 Å². The van der Waals surface area contributed by atoms with Gasteiger partial charge in [0.15, 0.2) is 0 Å². The van der Waals surface area contributed by atoms with Crippen molar-refractivity contribution in [2.45, 2.75) is 58.7 Å². The largest absolute Gasteiger partial charge is 0.352 e. The number of hydrogen-bond acceptors (Lipinski definition) is 3. The van der Waals surface area contributed by atoms with E-state index >= 15 is 0 Å². The zero-order valence-electron chi connectivity index (χ0n) is 11.7. The van der Waals surface area contributed by atoms with Crippen molar-refractivity contribution in [1.29, 1.82) is 0 Å². The molecule has 1 aliphatic heterocycles. The molecule has 0 radical (unpaired) electrons. The molecule has 0 aromatic heterocycles. The highest BCUT2D eigenvalue weighted by molar-refractivity contribution is 5.88. The van der Waals surface area contributed by atoms with E-state index in [-0.39, 0.29) is 23.8 Å². The predicted octanol–water partition coefficient (Wildman–Crippen LogP) is 0.404. The monoisotopic (exact) mass is 255 g/mol. The van der Waals surface area contributed by atoms with Crippen molar-refractivity contribution in [3.8, 4) is 0 Å². The fourth-order valence-corrected chi connectivity index (χ4v) is 2.03. The van der Waals surface area contributed by atoms with Gasteiger partial charge in [0.2, 0.25) is 11.8 Å². The maximum atomic E-state index is 12.0. The first-order valence-electron chi connectivity index (χ1n) is 6.74. The molecule has 104 valence electrons. The van der Waals surface area contributed by atoms with Crippen LogP contribution >= 0.6 is 0 Å². The summed E-state index contributed by atoms with van der Waals surface area (Å²) in [5, 5.41) is 8.85. The van der Waals surface area contributed by atoms with Crippen LogP contribution in [0.3, 0.4) is 0 Å². The van der Waals surface area contributed by atoms with Gasteiger partial charge in [-0.3, -0.25) is 9.59 Å². The van der Waals surface area contributed by atoms with Crippen LogP contribution in [0.2, 0.25) is 0 Å². The lowest BCUT2D eigenvalue weighted by Crippen LogP contribution is -2.51. The molecule has 0 aliphatic carbocycles. The van der Waals surface area contributed by atoms with Crippen molar-refractivity contribution in [2.24, 2.45) is 5.92 Å². The van der Waals surface area contributed by atoms with Gasteiger partial charge in [0.1, 0.15) is 6.04 Å². The van der Waals surface area contributed by atoms with Gasteiger partial charge in [-0.1, -0.05) is 0 Å². The smallest absolute Gasteiger partial charge is 0.242 e. The molecule has 1 heterocycles. The van der Waals surface area contributed by atoms with Gasteiger partial charge in [-0.25, -0.2) is 0 Å². The molecule has 18 heavy (non-hydrogen) atoms. The van der Waals surface area contributed by atoms with Crippen LogP contribution in [0.1, 0.15) is 40.5 Å². The molecule has 0 aromatic rings. The van der Waals surface area contributed by atoms with E-state index in [0.29, 0.717) is 12.6 Å². The van der Waals surface area contributed by atoms with E-state index in [0.717, 1.165) is 12.8 Å². The number of nitrogens with one attached hydrogen (secondary N) is 3. The lowest BCUT2D eigenvalue weighted by molar-refractivity contribution is -0.131. The summed E-state index contributed by atoms with van der Waals surface area (Å²) in [5.41, 5.74) is 0. The molecular formula is C13H25N3O2. The topological polar surface area (TPSA) is 70.2 Å². The average molecular weight is 255 g/mol. The molecule has 1 saturated heterocycles. The van der Waals surface area contributed by atoms with Crippen molar-refractivity contribution in [3.05, 3.63) is 0 Å². The minimum Gasteiger partial charge on any atom is -0.352 e. The molecule has 0 aromatic carbocycles. The van der Waals surface area contributed by atoms with E-state index in [1.54, 1.807) is 6.92 Å². The summed E-state index contributed by atoms with van der Waals surface area (Å²) >= 11 is 0. The van der Waals surface area contributed by atoms with Crippen LogP contribution in [-0.2, 0) is 9.59 Å². The van der Waals surface area contributed by atoms with Crippen molar-refractivity contribution in [1.82, 2.24) is 16.0 Å². The minimum atomic E-state index is -0.473. The maximum Gasteiger partial charge on any atom is 0.242 e. The van der Waals surface area contributed by atoms with E-state index in [1.165, 1.54) is 0 Å². The number of carbonyl (C=O) groups is 2. The molecule has 3 atom stereocenters. The number of piperidine rings is 1. The Kier molecular flexibility index (Phi) is 5.59. The SMILES string of the molecule is CC(C)NC(=O)C(C)NC(=O)C1CCC(C)NC1. The van der Waals surface area contributed by atoms with Crippen molar-refractivity contribution >= 4 is 11.8 Å². The minimum absolute atomic E-state index is 0.0181. The van der Waals surface area contributed by atoms with Gasteiger partial charge in [0.25, 0.3) is 0 Å². The highest BCUT2D eigenvalue weighted by Gasteiger charge is 2.26. The second-order valence-corrected chi connectivity index (χ2v) is 5.48. The van der Waals surface area contributed by atoms with Crippen LogP contribution in [0.25, 0.3) is 0 Å². The molecule has 0 spiro atoms. The first kappa shape index (κ1) is 15.0. The van der Waals surface area contributed by atoms with Crippen LogP contribution in [-0.4, -0.2) is 36.5 Å². The first-order chi connectivity index (χ1) is 8.40. The fourth-order valence-electron chi connectivity index (χ4n) is 2.03. The molecule has 5 nitrogen and oxygen atoms in total. The Morgan fingerprint density at radius 3 is 2.33 bits per heavy atom. The Balaban J connectivity index is 2.37. The zero-order chi connectivity index (χ0) is 13.7. The molecule has 3 unspecified atom stereocenters. The molecule has 3 N–H and O–H groups in total. The summed E-state index contributed by atoms with van der Waals surface area (Å²) < 4.78 is 0. The van der Waals surface area contributed by atoms with Crippen LogP contribution < -0.4 is 16.0 Å². The highest BCUT2D eigenvalue weighted by atomic mass is 16.2. The summed E-state index contributed by atoms with van der Waals surface area (Å²) in [6, 6.07) is 0.101. The van der Waals surface area contributed by atoms with Gasteiger partial charge < -0.3 is 16.0 Å².